The Bertz CT molecular complexity index is 1830. The van der Waals surface area contributed by atoms with Gasteiger partial charge in [0.1, 0.15) is 28.5 Å². The van der Waals surface area contributed by atoms with Crippen LogP contribution in [0, 0.1) is 47.0 Å². The molecule has 6 heteroatoms. The van der Waals surface area contributed by atoms with Gasteiger partial charge in [0, 0.05) is 23.1 Å². The Hall–Kier alpha value is -4.68. The number of fused-ring (bicyclic) bond motifs is 3. The van der Waals surface area contributed by atoms with E-state index in [0.29, 0.717) is 17.9 Å². The number of hydrogen-bond donors (Lipinski definition) is 0. The highest BCUT2D eigenvalue weighted by Crippen LogP contribution is 2.34. The maximum Gasteiger partial charge on any atom is 0.175 e. The molecule has 1 aromatic heterocycles. The van der Waals surface area contributed by atoms with E-state index in [1.807, 2.05) is 13.8 Å². The van der Waals surface area contributed by atoms with E-state index in [4.69, 9.17) is 9.15 Å². The van der Waals surface area contributed by atoms with Gasteiger partial charge in [-0.05, 0) is 61.4 Å². The molecule has 0 atom stereocenters. The Labute approximate surface area is 223 Å². The van der Waals surface area contributed by atoms with E-state index in [9.17, 15) is 13.2 Å². The summed E-state index contributed by atoms with van der Waals surface area (Å²) in [7, 11) is 0. The first-order chi connectivity index (χ1) is 18.9. The summed E-state index contributed by atoms with van der Waals surface area (Å²) in [5, 5.41) is -0.129. The lowest BCUT2D eigenvalue weighted by Crippen LogP contribution is -1.92. The molecule has 0 aliphatic rings. The van der Waals surface area contributed by atoms with Gasteiger partial charge in [-0.1, -0.05) is 43.1 Å². The molecular weight excluding hydrogens is 504 g/mol. The molecule has 0 fully saturated rings. The third-order valence-corrected chi connectivity index (χ3v) is 6.14. The van der Waals surface area contributed by atoms with Gasteiger partial charge in [0.25, 0.3) is 0 Å². The van der Waals surface area contributed by atoms with Crippen LogP contribution in [0.5, 0.6) is 5.75 Å². The number of ether oxygens (including phenoxy) is 1. The number of halogens is 4. The minimum Gasteiger partial charge on any atom is -0.494 e. The molecule has 4 aromatic carbocycles. The summed E-state index contributed by atoms with van der Waals surface area (Å²) in [6, 6.07) is 15.3. The van der Waals surface area contributed by atoms with Crippen molar-refractivity contribution in [2.45, 2.75) is 26.7 Å². The molecule has 2 nitrogen and oxygen atoms in total. The lowest BCUT2D eigenvalue weighted by atomic mass is 10.1. The van der Waals surface area contributed by atoms with Crippen molar-refractivity contribution < 1.29 is 26.7 Å². The number of benzene rings is 4. The molecule has 0 unspecified atom stereocenters. The van der Waals surface area contributed by atoms with Crippen LogP contribution in [0.2, 0.25) is 0 Å². The Morgan fingerprint density at radius 1 is 0.692 bits per heavy atom. The second kappa shape index (κ2) is 11.0. The van der Waals surface area contributed by atoms with Crippen molar-refractivity contribution in [2.75, 3.05) is 6.61 Å². The van der Waals surface area contributed by atoms with Crippen molar-refractivity contribution in [2.24, 2.45) is 0 Å². The molecule has 0 N–H and O–H groups in total. The molecule has 1 heterocycles. The number of aryl methyl sites for hydroxylation is 1. The van der Waals surface area contributed by atoms with Gasteiger partial charge in [-0.15, -0.1) is 0 Å². The largest absolute Gasteiger partial charge is 0.494 e. The maximum atomic E-state index is 15.1. The van der Waals surface area contributed by atoms with E-state index >= 15 is 4.39 Å². The lowest BCUT2D eigenvalue weighted by molar-refractivity contribution is 0.340. The van der Waals surface area contributed by atoms with Gasteiger partial charge in [-0.3, -0.25) is 0 Å². The molecule has 0 radical (unpaired) electrons. The van der Waals surface area contributed by atoms with Crippen molar-refractivity contribution in [1.82, 2.24) is 0 Å². The smallest absolute Gasteiger partial charge is 0.175 e. The molecule has 0 saturated heterocycles. The van der Waals surface area contributed by atoms with Gasteiger partial charge in [-0.2, -0.15) is 0 Å². The fourth-order valence-electron chi connectivity index (χ4n) is 4.25. The highest BCUT2D eigenvalue weighted by atomic mass is 19.2. The summed E-state index contributed by atoms with van der Waals surface area (Å²) >= 11 is 0. The van der Waals surface area contributed by atoms with Crippen LogP contribution < -0.4 is 4.74 Å². The highest BCUT2D eigenvalue weighted by Gasteiger charge is 2.20. The van der Waals surface area contributed by atoms with Crippen LogP contribution in [-0.4, -0.2) is 6.61 Å². The van der Waals surface area contributed by atoms with Crippen molar-refractivity contribution in [1.29, 1.82) is 0 Å². The molecule has 0 spiro atoms. The SMILES string of the molecule is CCCc1ccc(C#Cc2cc3oc4cc(C#Cc5ccc(OCC)cc5)c(F)cc4c3c(F)c2F)c(F)c1. The molecule has 39 heavy (non-hydrogen) atoms. The van der Waals surface area contributed by atoms with Crippen LogP contribution in [0.4, 0.5) is 17.6 Å². The zero-order chi connectivity index (χ0) is 27.5. The molecule has 5 rings (SSSR count). The van der Waals surface area contributed by atoms with Crippen LogP contribution >= 0.6 is 0 Å². The predicted octanol–water partition coefficient (Wildman–Crippen LogP) is 8.29. The molecule has 0 saturated carbocycles. The summed E-state index contributed by atoms with van der Waals surface area (Å²) in [5.74, 6) is 7.73. The van der Waals surface area contributed by atoms with Crippen LogP contribution in [-0.2, 0) is 6.42 Å². The Morgan fingerprint density at radius 3 is 2.10 bits per heavy atom. The Balaban J connectivity index is 1.51. The monoisotopic (exact) mass is 526 g/mol. The van der Waals surface area contributed by atoms with Gasteiger partial charge >= 0.3 is 0 Å². The fourth-order valence-corrected chi connectivity index (χ4v) is 4.25. The van der Waals surface area contributed by atoms with Crippen molar-refractivity contribution in [3.63, 3.8) is 0 Å². The van der Waals surface area contributed by atoms with Gasteiger partial charge in [0.05, 0.1) is 28.7 Å². The van der Waals surface area contributed by atoms with Crippen LogP contribution in [0.15, 0.2) is 65.1 Å². The normalized spacial score (nSPS) is 10.7. The summed E-state index contributed by atoms with van der Waals surface area (Å²) < 4.78 is 70.5. The van der Waals surface area contributed by atoms with E-state index in [2.05, 4.69) is 23.7 Å². The zero-order valence-electron chi connectivity index (χ0n) is 21.2. The molecule has 5 aromatic rings. The predicted molar refractivity (Wildman–Crippen MR) is 144 cm³/mol. The second-order valence-electron chi connectivity index (χ2n) is 8.88. The van der Waals surface area contributed by atoms with E-state index in [-0.39, 0.29) is 38.6 Å². The second-order valence-corrected chi connectivity index (χ2v) is 8.88. The summed E-state index contributed by atoms with van der Waals surface area (Å²) in [6.45, 7) is 4.41. The summed E-state index contributed by atoms with van der Waals surface area (Å²) in [4.78, 5) is 0. The number of furan rings is 1. The fraction of sp³-hybridized carbons (Fsp3) is 0.152. The maximum absolute atomic E-state index is 15.1. The zero-order valence-corrected chi connectivity index (χ0v) is 21.2. The van der Waals surface area contributed by atoms with E-state index < -0.39 is 23.3 Å². The van der Waals surface area contributed by atoms with Crippen molar-refractivity contribution in [3.05, 3.63) is 112 Å². The van der Waals surface area contributed by atoms with Crippen LogP contribution in [0.1, 0.15) is 48.1 Å². The Morgan fingerprint density at radius 2 is 1.38 bits per heavy atom. The molecule has 0 amide bonds. The van der Waals surface area contributed by atoms with E-state index in [0.717, 1.165) is 24.5 Å². The average molecular weight is 527 g/mol. The third-order valence-electron chi connectivity index (χ3n) is 6.14. The van der Waals surface area contributed by atoms with Crippen molar-refractivity contribution >= 4 is 21.9 Å². The first-order valence-electron chi connectivity index (χ1n) is 12.5. The first kappa shape index (κ1) is 25.9. The quantitative estimate of drug-likeness (QED) is 0.174. The van der Waals surface area contributed by atoms with Crippen LogP contribution in [0.25, 0.3) is 21.9 Å². The topological polar surface area (TPSA) is 22.4 Å². The lowest BCUT2D eigenvalue weighted by Gasteiger charge is -2.01. The Kier molecular flexibility index (Phi) is 7.30. The minimum atomic E-state index is -1.22. The minimum absolute atomic E-state index is 0.0111. The van der Waals surface area contributed by atoms with Gasteiger partial charge < -0.3 is 9.15 Å². The summed E-state index contributed by atoms with van der Waals surface area (Å²) in [6.07, 6.45) is 1.59. The number of rotatable bonds is 4. The molecule has 0 aliphatic carbocycles. The van der Waals surface area contributed by atoms with E-state index in [1.165, 1.54) is 24.3 Å². The molecule has 0 aliphatic heterocycles. The van der Waals surface area contributed by atoms with Gasteiger partial charge in [0.15, 0.2) is 11.6 Å². The molecule has 0 bridgehead atoms. The van der Waals surface area contributed by atoms with Crippen LogP contribution in [0.3, 0.4) is 0 Å². The molecule has 194 valence electrons. The van der Waals surface area contributed by atoms with Crippen molar-refractivity contribution in [3.8, 4) is 29.4 Å². The van der Waals surface area contributed by atoms with E-state index in [1.54, 1.807) is 30.3 Å². The number of hydrogen-bond acceptors (Lipinski definition) is 2. The first-order valence-corrected chi connectivity index (χ1v) is 12.5. The summed E-state index contributed by atoms with van der Waals surface area (Å²) in [5.41, 5.74) is 1.42. The van der Waals surface area contributed by atoms with Gasteiger partial charge in [-0.25, -0.2) is 17.6 Å². The third kappa shape index (κ3) is 5.33. The average Bonchev–Trinajstić information content (AvgIpc) is 3.27. The highest BCUT2D eigenvalue weighted by molar-refractivity contribution is 6.06. The molecular formula is C33H22F4O2. The standard InChI is InChI=1S/C33H22F4O2/c1-3-5-21-7-10-22(27(34)16-21)12-13-24-18-30-31(33(37)32(24)36)26-19-28(35)23(17-29(26)39-30)11-6-20-8-14-25(15-9-20)38-4-2/h7-10,14-19H,3-5H2,1-2H3. The van der Waals surface area contributed by atoms with Gasteiger partial charge in [0.2, 0.25) is 0 Å².